The van der Waals surface area contributed by atoms with Crippen LogP contribution in [-0.2, 0) is 14.3 Å². The zero-order valence-corrected chi connectivity index (χ0v) is 20.0. The van der Waals surface area contributed by atoms with E-state index in [0.29, 0.717) is 18.8 Å². The summed E-state index contributed by atoms with van der Waals surface area (Å²) in [6.07, 6.45) is -1.89. The molecular formula is C24H30N2O5S. The summed E-state index contributed by atoms with van der Waals surface area (Å²) in [4.78, 5) is 30.8. The van der Waals surface area contributed by atoms with Crippen LogP contribution in [0.2, 0.25) is 0 Å². The number of hydrogen-bond donors (Lipinski definition) is 0. The van der Waals surface area contributed by atoms with E-state index in [1.54, 1.807) is 18.9 Å². The number of thioether (sulfide) groups is 1. The maximum absolute atomic E-state index is 13.8. The average Bonchev–Trinajstić information content (AvgIpc) is 2.87. The first kappa shape index (κ1) is 23.9. The summed E-state index contributed by atoms with van der Waals surface area (Å²) in [6, 6.07) is 13.5. The Bertz CT molecular complexity index is 948. The number of benzene rings is 2. The number of ether oxygens (including phenoxy) is 3. The topological polar surface area (TPSA) is 68.3 Å². The van der Waals surface area contributed by atoms with E-state index in [9.17, 15) is 9.59 Å². The van der Waals surface area contributed by atoms with Gasteiger partial charge in [0.05, 0.1) is 24.7 Å². The minimum Gasteiger partial charge on any atom is -0.497 e. The molecule has 1 aliphatic rings. The van der Waals surface area contributed by atoms with Crippen molar-refractivity contribution in [2.24, 2.45) is 0 Å². The summed E-state index contributed by atoms with van der Waals surface area (Å²) in [5.74, 6) is 0.447. The van der Waals surface area contributed by atoms with Crippen molar-refractivity contribution in [1.29, 1.82) is 0 Å². The van der Waals surface area contributed by atoms with E-state index in [2.05, 4.69) is 0 Å². The molecule has 32 heavy (non-hydrogen) atoms. The van der Waals surface area contributed by atoms with Gasteiger partial charge in [-0.05, 0) is 63.3 Å². The van der Waals surface area contributed by atoms with E-state index in [1.165, 1.54) is 11.8 Å². The van der Waals surface area contributed by atoms with Crippen molar-refractivity contribution in [3.8, 4) is 5.75 Å². The number of fused-ring (bicyclic) bond motifs is 1. The lowest BCUT2D eigenvalue weighted by Gasteiger charge is -2.28. The summed E-state index contributed by atoms with van der Waals surface area (Å²) in [7, 11) is 5.52. The third-order valence-corrected chi connectivity index (χ3v) is 6.52. The number of methoxy groups -OCH3 is 1. The third kappa shape index (κ3) is 5.55. The highest BCUT2D eigenvalue weighted by molar-refractivity contribution is 7.99. The summed E-state index contributed by atoms with van der Waals surface area (Å²) in [5.41, 5.74) is 2.74. The van der Waals surface area contributed by atoms with Gasteiger partial charge in [-0.1, -0.05) is 18.2 Å². The lowest BCUT2D eigenvalue weighted by molar-refractivity contribution is -0.128. The monoisotopic (exact) mass is 458 g/mol. The van der Waals surface area contributed by atoms with Crippen LogP contribution in [0.25, 0.3) is 0 Å². The zero-order valence-electron chi connectivity index (χ0n) is 19.2. The van der Waals surface area contributed by atoms with Gasteiger partial charge in [-0.3, -0.25) is 4.79 Å². The predicted molar refractivity (Wildman–Crippen MR) is 126 cm³/mol. The van der Waals surface area contributed by atoms with Crippen molar-refractivity contribution >= 4 is 29.5 Å². The standard InChI is InChI=1S/C24H30N2O5S/c1-6-30-24(28)31-21-22(17-8-10-18(29-5)11-9-17)32-20-12-7-16(2)15-19(20)26(23(21)27)14-13-25(3)4/h7-12,15,21-22H,6,13-14H2,1-5H3/t21-,22+/m0/s1. The van der Waals surface area contributed by atoms with Crippen LogP contribution in [0, 0.1) is 6.92 Å². The molecular weight excluding hydrogens is 428 g/mol. The van der Waals surface area contributed by atoms with E-state index in [-0.39, 0.29) is 12.5 Å². The van der Waals surface area contributed by atoms with E-state index < -0.39 is 17.5 Å². The molecule has 0 spiro atoms. The highest BCUT2D eigenvalue weighted by Crippen LogP contribution is 2.47. The van der Waals surface area contributed by atoms with Gasteiger partial charge in [-0.25, -0.2) is 4.79 Å². The number of nitrogens with zero attached hydrogens (tertiary/aromatic N) is 2. The Labute approximate surface area is 193 Å². The molecule has 0 N–H and O–H groups in total. The number of hydrogen-bond acceptors (Lipinski definition) is 7. The van der Waals surface area contributed by atoms with Gasteiger partial charge in [-0.15, -0.1) is 11.8 Å². The largest absolute Gasteiger partial charge is 0.509 e. The molecule has 0 fully saturated rings. The molecule has 1 amide bonds. The van der Waals surface area contributed by atoms with Gasteiger partial charge in [0.2, 0.25) is 6.10 Å². The molecule has 0 saturated carbocycles. The Morgan fingerprint density at radius 2 is 1.88 bits per heavy atom. The van der Waals surface area contributed by atoms with Gasteiger partial charge in [-0.2, -0.15) is 0 Å². The molecule has 172 valence electrons. The van der Waals surface area contributed by atoms with Crippen molar-refractivity contribution in [1.82, 2.24) is 4.90 Å². The molecule has 8 heteroatoms. The Morgan fingerprint density at radius 1 is 1.16 bits per heavy atom. The Morgan fingerprint density at radius 3 is 2.50 bits per heavy atom. The van der Waals surface area contributed by atoms with E-state index >= 15 is 0 Å². The van der Waals surface area contributed by atoms with Gasteiger partial charge < -0.3 is 24.0 Å². The zero-order chi connectivity index (χ0) is 23.3. The molecule has 0 aliphatic carbocycles. The number of anilines is 1. The summed E-state index contributed by atoms with van der Waals surface area (Å²) in [6.45, 7) is 5.01. The van der Waals surface area contributed by atoms with Crippen LogP contribution in [0.15, 0.2) is 47.4 Å². The van der Waals surface area contributed by atoms with Gasteiger partial charge >= 0.3 is 6.16 Å². The highest BCUT2D eigenvalue weighted by Gasteiger charge is 2.41. The van der Waals surface area contributed by atoms with Crippen LogP contribution >= 0.6 is 11.8 Å². The molecule has 2 aromatic rings. The minimum absolute atomic E-state index is 0.170. The van der Waals surface area contributed by atoms with Crippen molar-refractivity contribution in [2.75, 3.05) is 45.8 Å². The molecule has 2 aromatic carbocycles. The molecule has 2 atom stereocenters. The van der Waals surface area contributed by atoms with Gasteiger partial charge in [0.25, 0.3) is 5.91 Å². The molecule has 1 heterocycles. The lowest BCUT2D eigenvalue weighted by Crippen LogP contribution is -2.45. The van der Waals surface area contributed by atoms with E-state index in [1.807, 2.05) is 68.4 Å². The van der Waals surface area contributed by atoms with E-state index in [4.69, 9.17) is 14.2 Å². The minimum atomic E-state index is -1.04. The Kier molecular flexibility index (Phi) is 8.04. The quantitative estimate of drug-likeness (QED) is 0.574. The maximum Gasteiger partial charge on any atom is 0.509 e. The van der Waals surface area contributed by atoms with Gasteiger partial charge in [0.15, 0.2) is 0 Å². The number of rotatable bonds is 7. The van der Waals surface area contributed by atoms with Crippen molar-refractivity contribution < 1.29 is 23.8 Å². The fourth-order valence-electron chi connectivity index (χ4n) is 3.47. The molecule has 7 nitrogen and oxygen atoms in total. The summed E-state index contributed by atoms with van der Waals surface area (Å²) >= 11 is 1.51. The second-order valence-electron chi connectivity index (χ2n) is 7.80. The lowest BCUT2D eigenvalue weighted by atomic mass is 10.1. The van der Waals surface area contributed by atoms with Crippen molar-refractivity contribution in [3.63, 3.8) is 0 Å². The first-order valence-electron chi connectivity index (χ1n) is 10.5. The van der Waals surface area contributed by atoms with Gasteiger partial charge in [0, 0.05) is 18.0 Å². The SMILES string of the molecule is CCOC(=O)O[C@@H]1C(=O)N(CCN(C)C)c2cc(C)ccc2S[C@@H]1c1ccc(OC)cc1. The molecule has 0 unspecified atom stereocenters. The van der Waals surface area contributed by atoms with Crippen LogP contribution in [0.3, 0.4) is 0 Å². The molecule has 0 aromatic heterocycles. The van der Waals surface area contributed by atoms with Crippen LogP contribution < -0.4 is 9.64 Å². The molecule has 0 saturated heterocycles. The van der Waals surface area contributed by atoms with Crippen molar-refractivity contribution in [2.45, 2.75) is 30.1 Å². The third-order valence-electron chi connectivity index (χ3n) is 5.14. The first-order valence-corrected chi connectivity index (χ1v) is 11.4. The molecule has 0 radical (unpaired) electrons. The Hall–Kier alpha value is -2.71. The normalized spacial score (nSPS) is 18.2. The fraction of sp³-hybridized carbons (Fsp3) is 0.417. The number of carbonyl (C=O) groups is 2. The van der Waals surface area contributed by atoms with Gasteiger partial charge in [0.1, 0.15) is 5.75 Å². The smallest absolute Gasteiger partial charge is 0.497 e. The van der Waals surface area contributed by atoms with Crippen LogP contribution in [0.1, 0.15) is 23.3 Å². The number of amides is 1. The molecule has 1 aliphatic heterocycles. The fourth-order valence-corrected chi connectivity index (χ4v) is 4.77. The Balaban J connectivity index is 2.08. The summed E-state index contributed by atoms with van der Waals surface area (Å²) < 4.78 is 15.9. The molecule has 3 rings (SSSR count). The second-order valence-corrected chi connectivity index (χ2v) is 8.98. The van der Waals surface area contributed by atoms with Crippen LogP contribution in [-0.4, -0.2) is 64.0 Å². The highest BCUT2D eigenvalue weighted by atomic mass is 32.2. The second kappa shape index (κ2) is 10.7. The van der Waals surface area contributed by atoms with E-state index in [0.717, 1.165) is 21.7 Å². The van der Waals surface area contributed by atoms with Crippen LogP contribution in [0.4, 0.5) is 10.5 Å². The van der Waals surface area contributed by atoms with Crippen molar-refractivity contribution in [3.05, 3.63) is 53.6 Å². The average molecular weight is 459 g/mol. The predicted octanol–water partition coefficient (Wildman–Crippen LogP) is 4.29. The number of likely N-dealkylation sites (N-methyl/N-ethyl adjacent to an activating group) is 1. The number of aryl methyl sites for hydroxylation is 1. The molecule has 0 bridgehead atoms. The number of carbonyl (C=O) groups excluding carboxylic acids is 2. The summed E-state index contributed by atoms with van der Waals surface area (Å²) in [5, 5.41) is -0.441. The maximum atomic E-state index is 13.8. The first-order chi connectivity index (χ1) is 15.3. The van der Waals surface area contributed by atoms with Crippen LogP contribution in [0.5, 0.6) is 5.75 Å².